The number of pyridine rings is 3. The van der Waals surface area contributed by atoms with Crippen LogP contribution in [-0.2, 0) is 15.1 Å². The van der Waals surface area contributed by atoms with E-state index in [0.717, 1.165) is 16.3 Å². The molecule has 2 aliphatic heterocycles. The maximum Gasteiger partial charge on any atom is 0.340 e. The van der Waals surface area contributed by atoms with Crippen molar-refractivity contribution in [2.24, 2.45) is 5.73 Å². The number of rotatable bonds is 6. The third-order valence-corrected chi connectivity index (χ3v) is 7.42. The summed E-state index contributed by atoms with van der Waals surface area (Å²) in [5, 5.41) is 4.87. The van der Waals surface area contributed by atoms with Gasteiger partial charge in [-0.05, 0) is 56.8 Å². The van der Waals surface area contributed by atoms with Crippen molar-refractivity contribution in [2.75, 3.05) is 18.4 Å². The van der Waals surface area contributed by atoms with Gasteiger partial charge in [0.25, 0.3) is 0 Å². The molecule has 0 saturated carbocycles. The Kier molecular flexibility index (Phi) is 6.25. The smallest absolute Gasteiger partial charge is 0.340 e. The number of cyclic esters (lactones) is 1. The highest BCUT2D eigenvalue weighted by Gasteiger charge is 2.40. The molecule has 10 nitrogen and oxygen atoms in total. The van der Waals surface area contributed by atoms with E-state index in [1.54, 1.807) is 29.4 Å². The zero-order chi connectivity index (χ0) is 27.4. The molecule has 5 heterocycles. The lowest BCUT2D eigenvalue weighted by molar-refractivity contribution is -0.139. The number of esters is 1. The average molecular weight is 519 g/mol. The van der Waals surface area contributed by atoms with Crippen molar-refractivity contribution in [1.82, 2.24) is 19.9 Å². The number of hydrogen-bond donors (Lipinski definition) is 2. The molecule has 5 rings (SSSR count). The van der Waals surface area contributed by atoms with Crippen molar-refractivity contribution in [2.45, 2.75) is 71.1 Å². The van der Waals surface area contributed by atoms with Gasteiger partial charge >= 0.3 is 5.97 Å². The molecule has 3 N–H and O–H groups in total. The molecule has 38 heavy (non-hydrogen) atoms. The number of likely N-dealkylation sites (tertiary alicyclic amines) is 1. The zero-order valence-corrected chi connectivity index (χ0v) is 22.7. The van der Waals surface area contributed by atoms with E-state index < -0.39 is 11.1 Å². The number of amides is 1. The van der Waals surface area contributed by atoms with Crippen molar-refractivity contribution in [3.05, 3.63) is 47.4 Å². The van der Waals surface area contributed by atoms with Crippen LogP contribution < -0.4 is 15.8 Å². The lowest BCUT2D eigenvalue weighted by Gasteiger charge is -2.38. The fourth-order valence-corrected chi connectivity index (χ4v) is 4.77. The number of nitrogens with zero attached hydrogens (tertiary/aromatic N) is 4. The SMILES string of the molecule is CCC(=O)N1CC(Oc2ncc(C(C)(C)N)c3cc(Nc4ccc5c(n4)[C@@H](C)C(C)(C)OC5=O)ncc23)C1. The second-order valence-electron chi connectivity index (χ2n) is 11.2. The normalized spacial score (nSPS) is 19.0. The highest BCUT2D eigenvalue weighted by Crippen LogP contribution is 2.38. The number of aromatic nitrogens is 3. The summed E-state index contributed by atoms with van der Waals surface area (Å²) in [6, 6.07) is 5.38. The van der Waals surface area contributed by atoms with Crippen molar-refractivity contribution in [3.8, 4) is 5.88 Å². The lowest BCUT2D eigenvalue weighted by atomic mass is 9.84. The molecule has 1 fully saturated rings. The fraction of sp³-hybridized carbons (Fsp3) is 0.464. The summed E-state index contributed by atoms with van der Waals surface area (Å²) in [4.78, 5) is 40.0. The standard InChI is InChI=1S/C28H34N6O4/c1-7-23(35)34-13-16(14-34)37-25-19-11-30-22(10-18(19)20(12-31-25)27(3,4)29)32-21-9-8-17-24(33-21)15(2)28(5,6)38-26(17)36/h8-12,15-16H,7,13-14,29H2,1-6H3,(H,30,32,33)/t15-/m1/s1. The number of hydrogen-bond acceptors (Lipinski definition) is 9. The first-order valence-corrected chi connectivity index (χ1v) is 12.9. The van der Waals surface area contributed by atoms with Gasteiger partial charge in [-0.3, -0.25) is 4.79 Å². The second-order valence-corrected chi connectivity index (χ2v) is 11.2. The third kappa shape index (κ3) is 4.64. The monoisotopic (exact) mass is 518 g/mol. The van der Waals surface area contributed by atoms with Crippen LogP contribution in [0, 0.1) is 0 Å². The number of nitrogens with one attached hydrogen (secondary N) is 1. The summed E-state index contributed by atoms with van der Waals surface area (Å²) in [6.07, 6.45) is 3.81. The predicted molar refractivity (Wildman–Crippen MR) is 143 cm³/mol. The van der Waals surface area contributed by atoms with Gasteiger partial charge in [0.1, 0.15) is 23.3 Å². The Morgan fingerprint density at radius 1 is 1.21 bits per heavy atom. The van der Waals surface area contributed by atoms with Crippen LogP contribution in [0.1, 0.15) is 75.5 Å². The van der Waals surface area contributed by atoms with E-state index in [4.69, 9.17) is 20.2 Å². The Morgan fingerprint density at radius 3 is 2.63 bits per heavy atom. The Labute approximate surface area is 221 Å². The molecule has 2 aliphatic rings. The molecule has 1 amide bonds. The van der Waals surface area contributed by atoms with Crippen molar-refractivity contribution >= 4 is 34.3 Å². The molecule has 1 saturated heterocycles. The minimum atomic E-state index is -0.658. The van der Waals surface area contributed by atoms with Crippen LogP contribution >= 0.6 is 0 Å². The summed E-state index contributed by atoms with van der Waals surface area (Å²) in [6.45, 7) is 12.6. The largest absolute Gasteiger partial charge is 0.470 e. The molecule has 0 unspecified atom stereocenters. The van der Waals surface area contributed by atoms with Gasteiger partial charge in [-0.2, -0.15) is 0 Å². The van der Waals surface area contributed by atoms with Crippen molar-refractivity contribution in [1.29, 1.82) is 0 Å². The Morgan fingerprint density at radius 2 is 1.95 bits per heavy atom. The summed E-state index contributed by atoms with van der Waals surface area (Å²) >= 11 is 0. The van der Waals surface area contributed by atoms with Crippen LogP contribution in [0.5, 0.6) is 5.88 Å². The van der Waals surface area contributed by atoms with E-state index in [2.05, 4.69) is 15.3 Å². The minimum Gasteiger partial charge on any atom is -0.470 e. The maximum atomic E-state index is 12.5. The number of ether oxygens (including phenoxy) is 2. The first kappa shape index (κ1) is 25.8. The molecule has 1 atom stereocenters. The summed E-state index contributed by atoms with van der Waals surface area (Å²) in [5.41, 5.74) is 7.19. The second kappa shape index (κ2) is 9.20. The van der Waals surface area contributed by atoms with E-state index in [0.29, 0.717) is 48.3 Å². The van der Waals surface area contributed by atoms with E-state index in [1.807, 2.05) is 47.6 Å². The minimum absolute atomic E-state index is 0.0769. The quantitative estimate of drug-likeness (QED) is 0.464. The van der Waals surface area contributed by atoms with Gasteiger partial charge in [0.05, 0.1) is 29.7 Å². The third-order valence-electron chi connectivity index (χ3n) is 7.42. The number of carbonyl (C=O) groups is 2. The molecule has 3 aromatic heterocycles. The fourth-order valence-electron chi connectivity index (χ4n) is 4.77. The number of anilines is 2. The number of nitrogens with two attached hydrogens (primary N) is 1. The van der Waals surface area contributed by atoms with Crippen LogP contribution in [0.2, 0.25) is 0 Å². The zero-order valence-electron chi connectivity index (χ0n) is 22.7. The van der Waals surface area contributed by atoms with Crippen LogP contribution in [-0.4, -0.2) is 56.5 Å². The first-order valence-electron chi connectivity index (χ1n) is 12.9. The van der Waals surface area contributed by atoms with Gasteiger partial charge in [-0.1, -0.05) is 13.8 Å². The molecule has 0 aliphatic carbocycles. The molecular formula is C28H34N6O4. The maximum absolute atomic E-state index is 12.5. The summed E-state index contributed by atoms with van der Waals surface area (Å²) in [7, 11) is 0. The highest BCUT2D eigenvalue weighted by atomic mass is 16.6. The molecular weight excluding hydrogens is 484 g/mol. The van der Waals surface area contributed by atoms with Gasteiger partial charge in [0.2, 0.25) is 11.8 Å². The van der Waals surface area contributed by atoms with Gasteiger partial charge in [-0.15, -0.1) is 0 Å². The van der Waals surface area contributed by atoms with Gasteiger partial charge in [0.15, 0.2) is 0 Å². The number of fused-ring (bicyclic) bond motifs is 2. The molecule has 0 radical (unpaired) electrons. The lowest BCUT2D eigenvalue weighted by Crippen LogP contribution is -2.56. The molecule has 200 valence electrons. The van der Waals surface area contributed by atoms with E-state index in [-0.39, 0.29) is 23.9 Å². The average Bonchev–Trinajstić information content (AvgIpc) is 2.83. The molecule has 3 aromatic rings. The van der Waals surface area contributed by atoms with Crippen LogP contribution in [0.25, 0.3) is 10.8 Å². The van der Waals surface area contributed by atoms with E-state index in [9.17, 15) is 9.59 Å². The molecule has 0 bridgehead atoms. The van der Waals surface area contributed by atoms with E-state index >= 15 is 0 Å². The Hall–Kier alpha value is -3.79. The van der Waals surface area contributed by atoms with Crippen LogP contribution in [0.3, 0.4) is 0 Å². The Bertz CT molecular complexity index is 1420. The Balaban J connectivity index is 1.46. The van der Waals surface area contributed by atoms with E-state index in [1.165, 1.54) is 0 Å². The summed E-state index contributed by atoms with van der Waals surface area (Å²) < 4.78 is 11.7. The van der Waals surface area contributed by atoms with Crippen LogP contribution in [0.4, 0.5) is 11.6 Å². The number of carbonyl (C=O) groups excluding carboxylic acids is 2. The van der Waals surface area contributed by atoms with Gasteiger partial charge in [0, 0.05) is 30.3 Å². The van der Waals surface area contributed by atoms with Crippen LogP contribution in [0.15, 0.2) is 30.6 Å². The van der Waals surface area contributed by atoms with Gasteiger partial charge in [-0.25, -0.2) is 19.7 Å². The van der Waals surface area contributed by atoms with Crippen molar-refractivity contribution < 1.29 is 19.1 Å². The van der Waals surface area contributed by atoms with Gasteiger partial charge < -0.3 is 25.4 Å². The highest BCUT2D eigenvalue weighted by molar-refractivity contribution is 5.93. The summed E-state index contributed by atoms with van der Waals surface area (Å²) in [5.74, 6) is 1.28. The molecule has 0 aromatic carbocycles. The van der Waals surface area contributed by atoms with Crippen molar-refractivity contribution in [3.63, 3.8) is 0 Å². The topological polar surface area (TPSA) is 133 Å². The molecule has 10 heteroatoms. The first-order chi connectivity index (χ1) is 17.9. The predicted octanol–water partition coefficient (Wildman–Crippen LogP) is 4.01. The molecule has 0 spiro atoms.